The third kappa shape index (κ3) is 4.00. The van der Waals surface area contributed by atoms with Crippen molar-refractivity contribution in [2.45, 2.75) is 4.90 Å². The average Bonchev–Trinajstić information content (AvgIpc) is 2.42. The van der Waals surface area contributed by atoms with Crippen molar-refractivity contribution in [1.29, 1.82) is 0 Å². The highest BCUT2D eigenvalue weighted by Crippen LogP contribution is 2.11. The molecule has 2 rings (SSSR count). The van der Waals surface area contributed by atoms with E-state index in [1.165, 1.54) is 12.1 Å². The van der Waals surface area contributed by atoms with E-state index in [1.807, 2.05) is 7.05 Å². The average molecular weight is 322 g/mol. The summed E-state index contributed by atoms with van der Waals surface area (Å²) in [6.45, 7) is 2.39. The smallest absolute Gasteiger partial charge is 0.406 e. The van der Waals surface area contributed by atoms with E-state index in [-0.39, 0.29) is 10.4 Å². The normalized spacial score (nSPS) is 19.4. The molecule has 20 heavy (non-hydrogen) atoms. The largest absolute Gasteiger partial charge is 0.496 e. The van der Waals surface area contributed by atoms with Gasteiger partial charge in [0.1, 0.15) is 5.82 Å². The zero-order valence-electron chi connectivity index (χ0n) is 10.9. The van der Waals surface area contributed by atoms with Crippen LogP contribution in [0, 0.1) is 5.82 Å². The predicted molar refractivity (Wildman–Crippen MR) is 74.5 cm³/mol. The van der Waals surface area contributed by atoms with Crippen LogP contribution >= 0.6 is 11.9 Å². The van der Waals surface area contributed by atoms with Gasteiger partial charge in [0.2, 0.25) is 11.1 Å². The van der Waals surface area contributed by atoms with Crippen LogP contribution < -0.4 is 5.46 Å². The van der Waals surface area contributed by atoms with Crippen LogP contribution in [0.25, 0.3) is 0 Å². The maximum atomic E-state index is 14.0. The molecule has 1 saturated heterocycles. The summed E-state index contributed by atoms with van der Waals surface area (Å²) in [7, 11) is 1.20. The lowest BCUT2D eigenvalue weighted by Gasteiger charge is -2.24. The minimum absolute atomic E-state index is 0.145. The molecule has 9 heteroatoms. The maximum Gasteiger partial charge on any atom is 0.496 e. The second kappa shape index (κ2) is 7.49. The van der Waals surface area contributed by atoms with Crippen molar-refractivity contribution >= 4 is 35.5 Å². The molecule has 0 bridgehead atoms. The summed E-state index contributed by atoms with van der Waals surface area (Å²) in [6, 6.07) is 4.04. The van der Waals surface area contributed by atoms with Crippen LogP contribution in [0.2, 0.25) is 0 Å². The van der Waals surface area contributed by atoms with Gasteiger partial charge in [-0.3, -0.25) is 0 Å². The second-order valence-electron chi connectivity index (χ2n) is 4.36. The molecule has 0 saturated carbocycles. The lowest BCUT2D eigenvalue weighted by atomic mass is 9.78. The minimum atomic E-state index is -1.89. The summed E-state index contributed by atoms with van der Waals surface area (Å²) in [5.41, 5.74) is 0.268. The molecule has 0 aliphatic carbocycles. The Kier molecular flexibility index (Phi) is 5.94. The van der Waals surface area contributed by atoms with Crippen LogP contribution in [0.1, 0.15) is 0 Å². The van der Waals surface area contributed by atoms with Gasteiger partial charge in [-0.2, -0.15) is 3.74 Å². The van der Waals surface area contributed by atoms with Gasteiger partial charge in [0.15, 0.2) is 0 Å². The van der Waals surface area contributed by atoms with Gasteiger partial charge < -0.3 is 14.2 Å². The van der Waals surface area contributed by atoms with E-state index in [9.17, 15) is 8.60 Å². The third-order valence-electron chi connectivity index (χ3n) is 2.96. The molecule has 110 valence electrons. The lowest BCUT2D eigenvalue weighted by Crippen LogP contribution is -2.44. The number of nitrogens with zero attached hydrogens (tertiary/aromatic N) is 1. The standard InChI is InChI=1S/C11H14BClFNO4S/c1-15-4-6-17-12(18-7-5-15)10-3-2-9(8-11(10)14)20(16)19-13/h2-3,8H,4-7H2,1H3. The van der Waals surface area contributed by atoms with E-state index in [1.54, 1.807) is 0 Å². The molecule has 0 amide bonds. The number of rotatable bonds is 3. The van der Waals surface area contributed by atoms with Crippen molar-refractivity contribution in [3.05, 3.63) is 24.0 Å². The van der Waals surface area contributed by atoms with Crippen LogP contribution in [0.15, 0.2) is 23.1 Å². The summed E-state index contributed by atoms with van der Waals surface area (Å²) >= 11 is 3.12. The second-order valence-corrected chi connectivity index (χ2v) is 5.80. The van der Waals surface area contributed by atoms with Crippen LogP contribution in [-0.4, -0.2) is 49.6 Å². The summed E-state index contributed by atoms with van der Waals surface area (Å²) in [5.74, 6) is -0.566. The Morgan fingerprint density at radius 2 is 2.05 bits per heavy atom. The zero-order valence-corrected chi connectivity index (χ0v) is 12.5. The molecule has 1 aromatic carbocycles. The first-order chi connectivity index (χ1) is 9.61. The van der Waals surface area contributed by atoms with Gasteiger partial charge in [0.05, 0.1) is 16.8 Å². The maximum absolute atomic E-state index is 14.0. The Hall–Kier alpha value is -0.505. The van der Waals surface area contributed by atoms with Gasteiger partial charge in [0.25, 0.3) is 0 Å². The molecule has 1 atom stereocenters. The monoisotopic (exact) mass is 321 g/mol. The summed E-state index contributed by atoms with van der Waals surface area (Å²) < 4.78 is 40.5. The van der Waals surface area contributed by atoms with Crippen molar-refractivity contribution in [2.75, 3.05) is 33.4 Å². The summed E-state index contributed by atoms with van der Waals surface area (Å²) in [4.78, 5) is 2.21. The molecule has 0 spiro atoms. The van der Waals surface area contributed by atoms with Crippen LogP contribution in [0.4, 0.5) is 4.39 Å². The Morgan fingerprint density at radius 1 is 1.40 bits per heavy atom. The molecule has 0 aromatic heterocycles. The van der Waals surface area contributed by atoms with Crippen molar-refractivity contribution < 1.29 is 21.6 Å². The van der Waals surface area contributed by atoms with Gasteiger partial charge in [0, 0.05) is 31.8 Å². The Balaban J connectivity index is 2.13. The SMILES string of the molecule is CN1CCOB(c2ccc(S(=O)OCl)cc2F)OCC1. The first kappa shape index (κ1) is 15.9. The van der Waals surface area contributed by atoms with E-state index < -0.39 is 24.0 Å². The molecule has 1 aliphatic rings. The molecular formula is C11H14BClFNO4S. The van der Waals surface area contributed by atoms with E-state index in [4.69, 9.17) is 21.2 Å². The van der Waals surface area contributed by atoms with Crippen LogP contribution in [0.5, 0.6) is 0 Å². The van der Waals surface area contributed by atoms with Gasteiger partial charge in [-0.05, 0) is 19.2 Å². The molecule has 5 nitrogen and oxygen atoms in total. The number of benzene rings is 1. The number of hydrogen-bond donors (Lipinski definition) is 0. The fourth-order valence-corrected chi connectivity index (χ4v) is 2.48. The minimum Gasteiger partial charge on any atom is -0.406 e. The first-order valence-electron chi connectivity index (χ1n) is 6.04. The van der Waals surface area contributed by atoms with E-state index in [0.29, 0.717) is 13.2 Å². The Labute approximate surface area is 124 Å². The van der Waals surface area contributed by atoms with E-state index in [2.05, 4.69) is 8.64 Å². The molecule has 0 radical (unpaired) electrons. The van der Waals surface area contributed by atoms with E-state index >= 15 is 0 Å². The predicted octanol–water partition coefficient (Wildman–Crippen LogP) is 0.692. The molecule has 0 N–H and O–H groups in total. The molecule has 1 unspecified atom stereocenters. The highest BCUT2D eigenvalue weighted by atomic mass is 35.5. The zero-order chi connectivity index (χ0) is 14.5. The lowest BCUT2D eigenvalue weighted by molar-refractivity contribution is 0.131. The van der Waals surface area contributed by atoms with E-state index in [0.717, 1.165) is 19.2 Å². The third-order valence-corrected chi connectivity index (χ3v) is 4.06. The van der Waals surface area contributed by atoms with Crippen molar-refractivity contribution in [3.8, 4) is 0 Å². The highest BCUT2D eigenvalue weighted by Gasteiger charge is 2.27. The van der Waals surface area contributed by atoms with Crippen LogP contribution in [-0.2, 0) is 24.1 Å². The molecule has 1 aromatic rings. The molecule has 1 fully saturated rings. The van der Waals surface area contributed by atoms with Gasteiger partial charge in [-0.1, -0.05) is 6.07 Å². The first-order valence-corrected chi connectivity index (χ1v) is 7.42. The summed E-state index contributed by atoms with van der Waals surface area (Å²) in [5, 5.41) is 0. The number of likely N-dealkylation sites (N-methyl/N-ethyl adjacent to an activating group) is 1. The number of hydrogen-bond acceptors (Lipinski definition) is 5. The summed E-state index contributed by atoms with van der Waals surface area (Å²) in [6.07, 6.45) is 0. The van der Waals surface area contributed by atoms with Gasteiger partial charge >= 0.3 is 7.12 Å². The molecule has 1 aliphatic heterocycles. The topological polar surface area (TPSA) is 48.0 Å². The number of halogens is 2. The van der Waals surface area contributed by atoms with Gasteiger partial charge in [-0.15, -0.1) is 0 Å². The Morgan fingerprint density at radius 3 is 2.60 bits per heavy atom. The van der Waals surface area contributed by atoms with Crippen molar-refractivity contribution in [1.82, 2.24) is 4.90 Å². The van der Waals surface area contributed by atoms with Crippen LogP contribution in [0.3, 0.4) is 0 Å². The molecular weight excluding hydrogens is 307 g/mol. The fraction of sp³-hybridized carbons (Fsp3) is 0.455. The van der Waals surface area contributed by atoms with Crippen molar-refractivity contribution in [2.24, 2.45) is 0 Å². The molecule has 1 heterocycles. The Bertz CT molecular complexity index is 485. The highest BCUT2D eigenvalue weighted by molar-refractivity contribution is 7.81. The van der Waals surface area contributed by atoms with Crippen molar-refractivity contribution in [3.63, 3.8) is 0 Å². The van der Waals surface area contributed by atoms with Gasteiger partial charge in [-0.25, -0.2) is 8.60 Å². The quantitative estimate of drug-likeness (QED) is 0.767. The fourth-order valence-electron chi connectivity index (χ4n) is 1.81.